The Labute approximate surface area is 220 Å². The lowest BCUT2D eigenvalue weighted by atomic mass is 9.91. The van der Waals surface area contributed by atoms with Gasteiger partial charge in [0, 0.05) is 25.0 Å². The van der Waals surface area contributed by atoms with Crippen molar-refractivity contribution in [3.8, 4) is 17.6 Å². The number of thiophene rings is 1. The molecule has 0 radical (unpaired) electrons. The Morgan fingerprint density at radius 3 is 2.62 bits per heavy atom. The molecule has 0 saturated heterocycles. The van der Waals surface area contributed by atoms with Gasteiger partial charge in [0.1, 0.15) is 11.4 Å². The average molecular weight is 526 g/mol. The first-order valence-corrected chi connectivity index (χ1v) is 12.9. The molecule has 0 aliphatic carbocycles. The van der Waals surface area contributed by atoms with Gasteiger partial charge in [-0.05, 0) is 74.0 Å². The smallest absolute Gasteiger partial charge is 0.333 e. The molecule has 1 aliphatic rings. The number of methoxy groups -OCH3 is 1. The van der Waals surface area contributed by atoms with E-state index in [9.17, 15) is 19.3 Å². The van der Waals surface area contributed by atoms with E-state index in [1.807, 2.05) is 38.3 Å². The summed E-state index contributed by atoms with van der Waals surface area (Å²) in [6.45, 7) is 7.64. The minimum Gasteiger partial charge on any atom is -0.494 e. The summed E-state index contributed by atoms with van der Waals surface area (Å²) in [5, 5.41) is 4.94. The van der Waals surface area contributed by atoms with Crippen LogP contribution in [0.2, 0.25) is 0 Å². The van der Waals surface area contributed by atoms with E-state index in [1.165, 1.54) is 34.3 Å². The number of carbonyl (C=O) groups excluding carboxylic acids is 3. The van der Waals surface area contributed by atoms with Gasteiger partial charge in [0.05, 0.1) is 18.6 Å². The van der Waals surface area contributed by atoms with E-state index < -0.39 is 29.4 Å². The van der Waals surface area contributed by atoms with Crippen LogP contribution >= 0.6 is 11.3 Å². The Hall–Kier alpha value is -3.71. The average Bonchev–Trinajstić information content (AvgIpc) is 3.39. The molecule has 3 rings (SSSR count). The Kier molecular flexibility index (Phi) is 9.05. The summed E-state index contributed by atoms with van der Waals surface area (Å²) in [5.74, 6) is 4.16. The van der Waals surface area contributed by atoms with E-state index in [1.54, 1.807) is 13.0 Å². The van der Waals surface area contributed by atoms with Gasteiger partial charge in [-0.3, -0.25) is 9.59 Å². The van der Waals surface area contributed by atoms with Crippen LogP contribution in [0.15, 0.2) is 34.8 Å². The summed E-state index contributed by atoms with van der Waals surface area (Å²) in [4.78, 5) is 55.2. The molecule has 1 aromatic heterocycles. The Morgan fingerprint density at radius 2 is 2.03 bits per heavy atom. The molecule has 2 amide bonds. The highest BCUT2D eigenvalue weighted by Gasteiger charge is 2.42. The van der Waals surface area contributed by atoms with Crippen LogP contribution < -0.4 is 4.74 Å². The van der Waals surface area contributed by atoms with E-state index >= 15 is 0 Å². The Bertz CT molecular complexity index is 1220. The third-order valence-electron chi connectivity index (χ3n) is 5.97. The highest BCUT2D eigenvalue weighted by Crippen LogP contribution is 2.39. The number of amides is 2. The molecule has 1 unspecified atom stereocenters. The summed E-state index contributed by atoms with van der Waals surface area (Å²) in [7, 11) is 1.42. The third-order valence-corrected chi connectivity index (χ3v) is 6.75. The van der Waals surface area contributed by atoms with Gasteiger partial charge >= 0.3 is 17.8 Å². The van der Waals surface area contributed by atoms with Crippen molar-refractivity contribution in [2.45, 2.75) is 52.1 Å². The first-order valence-electron chi connectivity index (χ1n) is 12.0. The number of nitroso groups, excluding NO2 is 1. The lowest BCUT2D eigenvalue weighted by Crippen LogP contribution is -2.55. The van der Waals surface area contributed by atoms with Gasteiger partial charge < -0.3 is 19.3 Å². The fraction of sp³-hybridized carbons (Fsp3) is 0.444. The monoisotopic (exact) mass is 525 g/mol. The van der Waals surface area contributed by atoms with Crippen LogP contribution in [0.25, 0.3) is 0 Å². The standard InChI is InChI=1S/C27H31N3O6S/c1-6-36-26(33)23-20-17-21(28-34)22(35-5)16-18(20)12-14-29(23)24(31)25(32)30(27(2,3)4)13-8-7-10-19-11-9-15-37-19/h9,11,15-17,23H,6,8,12-14H2,1-5H3. The highest BCUT2D eigenvalue weighted by molar-refractivity contribution is 7.10. The van der Waals surface area contributed by atoms with Crippen LogP contribution in [0.3, 0.4) is 0 Å². The molecule has 10 heteroatoms. The largest absolute Gasteiger partial charge is 0.494 e. The molecule has 0 spiro atoms. The summed E-state index contributed by atoms with van der Waals surface area (Å²) in [6, 6.07) is 5.70. The van der Waals surface area contributed by atoms with Gasteiger partial charge in [-0.1, -0.05) is 17.9 Å². The molecular formula is C27H31N3O6S. The van der Waals surface area contributed by atoms with E-state index in [4.69, 9.17) is 9.47 Å². The van der Waals surface area contributed by atoms with Crippen molar-refractivity contribution < 1.29 is 23.9 Å². The van der Waals surface area contributed by atoms with Crippen molar-refractivity contribution in [3.63, 3.8) is 0 Å². The van der Waals surface area contributed by atoms with Crippen LogP contribution in [0.4, 0.5) is 5.69 Å². The molecule has 196 valence electrons. The van der Waals surface area contributed by atoms with Gasteiger partial charge in [0.25, 0.3) is 0 Å². The van der Waals surface area contributed by atoms with Crippen molar-refractivity contribution in [3.05, 3.63) is 50.6 Å². The quantitative estimate of drug-likeness (QED) is 0.242. The second-order valence-electron chi connectivity index (χ2n) is 9.37. The maximum Gasteiger partial charge on any atom is 0.333 e. The number of rotatable bonds is 6. The molecular weight excluding hydrogens is 494 g/mol. The molecule has 0 N–H and O–H groups in total. The van der Waals surface area contributed by atoms with Crippen molar-refractivity contribution in [1.29, 1.82) is 0 Å². The predicted molar refractivity (Wildman–Crippen MR) is 141 cm³/mol. The minimum atomic E-state index is -1.19. The van der Waals surface area contributed by atoms with Gasteiger partial charge in [0.2, 0.25) is 0 Å². The molecule has 9 nitrogen and oxygen atoms in total. The number of esters is 1. The van der Waals surface area contributed by atoms with Crippen LogP contribution in [0.1, 0.15) is 56.2 Å². The number of carbonyl (C=O) groups is 3. The number of benzene rings is 1. The number of nitrogens with zero attached hydrogens (tertiary/aromatic N) is 3. The van der Waals surface area contributed by atoms with Crippen molar-refractivity contribution in [2.24, 2.45) is 5.18 Å². The van der Waals surface area contributed by atoms with Crippen molar-refractivity contribution >= 4 is 34.8 Å². The maximum atomic E-state index is 13.6. The van der Waals surface area contributed by atoms with Gasteiger partial charge in [-0.2, -0.15) is 0 Å². The predicted octanol–water partition coefficient (Wildman–Crippen LogP) is 4.21. The zero-order valence-electron chi connectivity index (χ0n) is 21.7. The number of hydrogen-bond acceptors (Lipinski definition) is 8. The molecule has 37 heavy (non-hydrogen) atoms. The summed E-state index contributed by atoms with van der Waals surface area (Å²) in [5.41, 5.74) is 0.449. The molecule has 1 atom stereocenters. The Morgan fingerprint density at radius 1 is 1.27 bits per heavy atom. The summed E-state index contributed by atoms with van der Waals surface area (Å²) >= 11 is 1.53. The molecule has 0 saturated carbocycles. The van der Waals surface area contributed by atoms with Crippen molar-refractivity contribution in [1.82, 2.24) is 9.80 Å². The number of ether oxygens (including phenoxy) is 2. The van der Waals surface area contributed by atoms with Crippen LogP contribution in [0, 0.1) is 16.7 Å². The first-order chi connectivity index (χ1) is 17.6. The van der Waals surface area contributed by atoms with Crippen LogP contribution in [0.5, 0.6) is 5.75 Å². The molecule has 1 aliphatic heterocycles. The van der Waals surface area contributed by atoms with Gasteiger partial charge in [-0.15, -0.1) is 16.2 Å². The van der Waals surface area contributed by atoms with Gasteiger partial charge in [0.15, 0.2) is 6.04 Å². The van der Waals surface area contributed by atoms with E-state index in [0.29, 0.717) is 18.4 Å². The normalized spacial score (nSPS) is 14.6. The zero-order chi connectivity index (χ0) is 27.2. The zero-order valence-corrected chi connectivity index (χ0v) is 22.5. The fourth-order valence-corrected chi connectivity index (χ4v) is 4.80. The molecule has 0 fully saturated rings. The lowest BCUT2D eigenvalue weighted by Gasteiger charge is -2.39. The Balaban J connectivity index is 1.91. The highest BCUT2D eigenvalue weighted by atomic mass is 32.1. The van der Waals surface area contributed by atoms with Gasteiger partial charge in [-0.25, -0.2) is 4.79 Å². The van der Waals surface area contributed by atoms with E-state index in [0.717, 1.165) is 10.4 Å². The minimum absolute atomic E-state index is 0.00296. The lowest BCUT2D eigenvalue weighted by molar-refractivity contribution is -0.162. The summed E-state index contributed by atoms with van der Waals surface area (Å²) < 4.78 is 10.5. The van der Waals surface area contributed by atoms with E-state index in [2.05, 4.69) is 17.0 Å². The number of hydrogen-bond donors (Lipinski definition) is 0. The summed E-state index contributed by atoms with van der Waals surface area (Å²) in [6.07, 6.45) is 0.744. The molecule has 2 heterocycles. The second-order valence-corrected chi connectivity index (χ2v) is 10.3. The van der Waals surface area contributed by atoms with Crippen LogP contribution in [-0.2, 0) is 25.5 Å². The molecule has 0 bridgehead atoms. The third kappa shape index (κ3) is 6.35. The van der Waals surface area contributed by atoms with Crippen molar-refractivity contribution in [2.75, 3.05) is 26.8 Å². The second kappa shape index (κ2) is 12.0. The molecule has 1 aromatic carbocycles. The first kappa shape index (κ1) is 27.9. The van der Waals surface area contributed by atoms with Crippen LogP contribution in [-0.4, -0.2) is 59.9 Å². The van der Waals surface area contributed by atoms with E-state index in [-0.39, 0.29) is 31.1 Å². The topological polar surface area (TPSA) is 106 Å². The maximum absolute atomic E-state index is 13.6. The molecule has 2 aromatic rings. The SMILES string of the molecule is CCOC(=O)C1c2cc(N=O)c(OC)cc2CCN1C(=O)C(=O)N(CCC#Cc1cccs1)C(C)(C)C. The fourth-order valence-electron chi connectivity index (χ4n) is 4.21. The number of fused-ring (bicyclic) bond motifs is 1.